The molecule has 0 bridgehead atoms. The summed E-state index contributed by atoms with van der Waals surface area (Å²) in [5.74, 6) is -0.915. The fraction of sp³-hybridized carbons (Fsp3) is 0.222. The first-order valence-electron chi connectivity index (χ1n) is 11.2. The maximum atomic E-state index is 13.2. The Kier molecular flexibility index (Phi) is 6.15. The van der Waals surface area contributed by atoms with Crippen LogP contribution >= 0.6 is 23.2 Å². The van der Waals surface area contributed by atoms with E-state index >= 15 is 0 Å². The largest absolute Gasteiger partial charge is 0.322 e. The highest BCUT2D eigenvalue weighted by Crippen LogP contribution is 2.45. The van der Waals surface area contributed by atoms with Gasteiger partial charge in [-0.05, 0) is 73.2 Å². The zero-order valence-electron chi connectivity index (χ0n) is 18.2. The lowest BCUT2D eigenvalue weighted by atomic mass is 9.73. The Morgan fingerprint density at radius 1 is 0.824 bits per heavy atom. The van der Waals surface area contributed by atoms with Crippen molar-refractivity contribution in [3.05, 3.63) is 94.0 Å². The van der Waals surface area contributed by atoms with Gasteiger partial charge in [-0.2, -0.15) is 0 Å². The average Bonchev–Trinajstić information content (AvgIpc) is 3.11. The number of imide groups is 1. The van der Waals surface area contributed by atoms with Crippen molar-refractivity contribution in [2.24, 2.45) is 11.8 Å². The Morgan fingerprint density at radius 2 is 1.53 bits per heavy atom. The van der Waals surface area contributed by atoms with Crippen molar-refractivity contribution in [1.29, 1.82) is 0 Å². The molecule has 3 aromatic carbocycles. The molecule has 3 aromatic rings. The van der Waals surface area contributed by atoms with Crippen molar-refractivity contribution in [3.63, 3.8) is 0 Å². The van der Waals surface area contributed by atoms with E-state index in [4.69, 9.17) is 23.2 Å². The first kappa shape index (κ1) is 22.6. The van der Waals surface area contributed by atoms with Crippen molar-refractivity contribution in [2.75, 3.05) is 10.2 Å². The minimum absolute atomic E-state index is 0.144. The first-order valence-corrected chi connectivity index (χ1v) is 12.0. The third kappa shape index (κ3) is 4.22. The Bertz CT molecular complexity index is 1260. The van der Waals surface area contributed by atoms with E-state index in [1.807, 2.05) is 18.2 Å². The summed E-state index contributed by atoms with van der Waals surface area (Å²) < 4.78 is 0. The number of nitrogens with one attached hydrogen (secondary N) is 1. The van der Waals surface area contributed by atoms with Crippen LogP contribution < -0.4 is 10.2 Å². The number of anilines is 2. The third-order valence-electron chi connectivity index (χ3n) is 6.76. The summed E-state index contributed by atoms with van der Waals surface area (Å²) in [5.41, 5.74) is 2.63. The molecular formula is C27H22Cl2N2O3. The number of amides is 3. The summed E-state index contributed by atoms with van der Waals surface area (Å²) in [5, 5.41) is 3.51. The van der Waals surface area contributed by atoms with Gasteiger partial charge >= 0.3 is 0 Å². The molecule has 0 aromatic heterocycles. The van der Waals surface area contributed by atoms with E-state index in [2.05, 4.69) is 17.4 Å². The molecule has 1 saturated carbocycles. The number of carbonyl (C=O) groups excluding carboxylic acids is 3. The van der Waals surface area contributed by atoms with E-state index in [0.29, 0.717) is 39.8 Å². The molecule has 172 valence electrons. The fourth-order valence-electron chi connectivity index (χ4n) is 5.00. The highest BCUT2D eigenvalue weighted by atomic mass is 35.5. The van der Waals surface area contributed by atoms with Crippen molar-refractivity contribution in [1.82, 2.24) is 0 Å². The molecule has 1 aliphatic carbocycles. The Hall–Kier alpha value is -3.15. The van der Waals surface area contributed by atoms with Crippen LogP contribution in [0.1, 0.15) is 41.1 Å². The van der Waals surface area contributed by atoms with E-state index in [-0.39, 0.29) is 35.5 Å². The van der Waals surface area contributed by atoms with Gasteiger partial charge in [-0.15, -0.1) is 0 Å². The van der Waals surface area contributed by atoms with E-state index < -0.39 is 0 Å². The molecule has 1 N–H and O–H groups in total. The number of benzene rings is 3. The van der Waals surface area contributed by atoms with Gasteiger partial charge in [0.2, 0.25) is 11.8 Å². The summed E-state index contributed by atoms with van der Waals surface area (Å²) in [7, 11) is 0. The van der Waals surface area contributed by atoms with Gasteiger partial charge in [0.1, 0.15) is 0 Å². The minimum Gasteiger partial charge on any atom is -0.322 e. The van der Waals surface area contributed by atoms with Gasteiger partial charge in [0.05, 0.1) is 27.6 Å². The molecule has 5 rings (SSSR count). The molecule has 3 atom stereocenters. The van der Waals surface area contributed by atoms with E-state index in [0.717, 1.165) is 6.42 Å². The summed E-state index contributed by atoms with van der Waals surface area (Å²) in [4.78, 5) is 40.3. The molecule has 2 fully saturated rings. The van der Waals surface area contributed by atoms with Crippen LogP contribution in [0, 0.1) is 11.8 Å². The van der Waals surface area contributed by atoms with E-state index in [1.54, 1.807) is 42.5 Å². The summed E-state index contributed by atoms with van der Waals surface area (Å²) >= 11 is 11.9. The maximum Gasteiger partial charge on any atom is 0.255 e. The highest BCUT2D eigenvalue weighted by molar-refractivity contribution is 6.42. The predicted octanol–water partition coefficient (Wildman–Crippen LogP) is 6.32. The normalized spacial score (nSPS) is 21.9. The molecule has 0 unspecified atom stereocenters. The van der Waals surface area contributed by atoms with Crippen LogP contribution in [0.25, 0.3) is 0 Å². The number of halogens is 2. The second-order valence-electron chi connectivity index (χ2n) is 8.78. The van der Waals surface area contributed by atoms with Crippen LogP contribution in [0.3, 0.4) is 0 Å². The Morgan fingerprint density at radius 3 is 2.24 bits per heavy atom. The molecule has 3 amide bonds. The molecule has 34 heavy (non-hydrogen) atoms. The molecule has 0 spiro atoms. The van der Waals surface area contributed by atoms with Gasteiger partial charge in [-0.3, -0.25) is 19.3 Å². The second-order valence-corrected chi connectivity index (χ2v) is 9.59. The first-order chi connectivity index (χ1) is 16.4. The van der Waals surface area contributed by atoms with Gasteiger partial charge in [0.25, 0.3) is 5.91 Å². The molecule has 7 heteroatoms. The third-order valence-corrected chi connectivity index (χ3v) is 7.50. The van der Waals surface area contributed by atoms with Crippen LogP contribution in [0.4, 0.5) is 11.4 Å². The number of hydrogen-bond donors (Lipinski definition) is 1. The van der Waals surface area contributed by atoms with Crippen LogP contribution in [0.5, 0.6) is 0 Å². The summed E-state index contributed by atoms with van der Waals surface area (Å²) in [6.07, 6.45) is 2.28. The molecule has 1 heterocycles. The quantitative estimate of drug-likeness (QED) is 0.433. The zero-order chi connectivity index (χ0) is 23.8. The standard InChI is InChI=1S/C27H22Cl2N2O3/c28-23-13-9-19(15-24(23)29)30-25(32)17-6-10-20(11-7-17)31-26(33)21-12-8-18(14-22(21)27(31)34)16-4-2-1-3-5-16/h1-7,9-11,13,15,18,21-22H,8,12,14H2,(H,30,32)/t18-,21+,22+/m0/s1. The van der Waals surface area contributed by atoms with E-state index in [9.17, 15) is 14.4 Å². The monoisotopic (exact) mass is 492 g/mol. The van der Waals surface area contributed by atoms with Crippen molar-refractivity contribution < 1.29 is 14.4 Å². The van der Waals surface area contributed by atoms with Crippen LogP contribution in [-0.2, 0) is 9.59 Å². The number of hydrogen-bond acceptors (Lipinski definition) is 3. The average molecular weight is 493 g/mol. The maximum absolute atomic E-state index is 13.2. The molecule has 1 saturated heterocycles. The zero-order valence-corrected chi connectivity index (χ0v) is 19.7. The molecule has 0 radical (unpaired) electrons. The molecule has 5 nitrogen and oxygen atoms in total. The summed E-state index contributed by atoms with van der Waals surface area (Å²) in [6, 6.07) is 21.5. The van der Waals surface area contributed by atoms with Gasteiger partial charge in [-0.25, -0.2) is 0 Å². The van der Waals surface area contributed by atoms with Gasteiger partial charge in [0, 0.05) is 11.3 Å². The number of rotatable bonds is 4. The predicted molar refractivity (Wildman–Crippen MR) is 133 cm³/mol. The topological polar surface area (TPSA) is 66.5 Å². The number of fused-ring (bicyclic) bond motifs is 1. The Labute approximate surface area is 207 Å². The van der Waals surface area contributed by atoms with Crippen LogP contribution in [-0.4, -0.2) is 17.7 Å². The summed E-state index contributed by atoms with van der Waals surface area (Å²) in [6.45, 7) is 0. The SMILES string of the molecule is O=C(Nc1ccc(Cl)c(Cl)c1)c1ccc(N2C(=O)[C@@H]3CC[C@H](c4ccccc4)C[C@H]3C2=O)cc1. The van der Waals surface area contributed by atoms with Crippen LogP contribution in [0.15, 0.2) is 72.8 Å². The van der Waals surface area contributed by atoms with E-state index in [1.165, 1.54) is 10.5 Å². The van der Waals surface area contributed by atoms with Crippen molar-refractivity contribution in [2.45, 2.75) is 25.2 Å². The molecular weight excluding hydrogens is 471 g/mol. The number of nitrogens with zero attached hydrogens (tertiary/aromatic N) is 1. The smallest absolute Gasteiger partial charge is 0.255 e. The van der Waals surface area contributed by atoms with Crippen molar-refractivity contribution >= 4 is 52.3 Å². The van der Waals surface area contributed by atoms with Crippen LogP contribution in [0.2, 0.25) is 10.0 Å². The lowest BCUT2D eigenvalue weighted by molar-refractivity contribution is -0.122. The lowest BCUT2D eigenvalue weighted by Crippen LogP contribution is -2.30. The van der Waals surface area contributed by atoms with Gasteiger partial charge < -0.3 is 5.32 Å². The second kappa shape index (κ2) is 9.24. The molecule has 2 aliphatic rings. The molecule has 1 aliphatic heterocycles. The van der Waals surface area contributed by atoms with Gasteiger partial charge in [-0.1, -0.05) is 53.5 Å². The van der Waals surface area contributed by atoms with Gasteiger partial charge in [0.15, 0.2) is 0 Å². The Balaban J connectivity index is 1.30. The minimum atomic E-state index is -0.330. The highest BCUT2D eigenvalue weighted by Gasteiger charge is 2.50. The fourth-order valence-corrected chi connectivity index (χ4v) is 5.30. The number of carbonyl (C=O) groups is 3. The van der Waals surface area contributed by atoms with Crippen molar-refractivity contribution in [3.8, 4) is 0 Å². The lowest BCUT2D eigenvalue weighted by Gasteiger charge is -2.28.